The molecule has 5 rings (SSSR count). The van der Waals surface area contributed by atoms with Gasteiger partial charge in [0.2, 0.25) is 5.95 Å². The predicted molar refractivity (Wildman–Crippen MR) is 122 cm³/mol. The number of hydrogen-bond donors (Lipinski definition) is 3. The van der Waals surface area contributed by atoms with Gasteiger partial charge in [-0.05, 0) is 51.1 Å². The summed E-state index contributed by atoms with van der Waals surface area (Å²) in [5.74, 6) is 0.0297. The number of nitrogens with zero attached hydrogens (tertiary/aromatic N) is 5. The van der Waals surface area contributed by atoms with Crippen molar-refractivity contribution in [3.8, 4) is 11.4 Å². The molecule has 0 spiro atoms. The van der Waals surface area contributed by atoms with E-state index in [0.717, 1.165) is 19.0 Å². The summed E-state index contributed by atoms with van der Waals surface area (Å²) >= 11 is 0. The molecule has 0 amide bonds. The maximum Gasteiger partial charge on any atom is 0.420 e. The SMILES string of the molecule is CP(C)(=O)c1cccc2c3c(-c4nc(N[C@H]5CCC[C@H](O)C5)ncc4C(F)(F)F)n[nH]c3nn12. The molecule has 4 aromatic heterocycles. The Morgan fingerprint density at radius 3 is 2.74 bits per heavy atom. The molecule has 3 N–H and O–H groups in total. The van der Waals surface area contributed by atoms with Crippen LogP contribution in [0.5, 0.6) is 0 Å². The molecule has 1 aliphatic carbocycles. The van der Waals surface area contributed by atoms with Gasteiger partial charge < -0.3 is 15.0 Å². The number of aliphatic hydroxyl groups excluding tert-OH is 1. The van der Waals surface area contributed by atoms with E-state index in [1.165, 1.54) is 4.52 Å². The van der Waals surface area contributed by atoms with Crippen LogP contribution in [-0.4, -0.2) is 60.4 Å². The largest absolute Gasteiger partial charge is 0.420 e. The van der Waals surface area contributed by atoms with E-state index in [-0.39, 0.29) is 29.0 Å². The number of pyridine rings is 1. The van der Waals surface area contributed by atoms with Gasteiger partial charge in [-0.25, -0.2) is 14.5 Å². The number of aromatic amines is 1. The van der Waals surface area contributed by atoms with Gasteiger partial charge in [0.15, 0.2) is 5.65 Å². The lowest BCUT2D eigenvalue weighted by molar-refractivity contribution is -0.137. The van der Waals surface area contributed by atoms with Gasteiger partial charge in [0.1, 0.15) is 29.5 Å². The Morgan fingerprint density at radius 2 is 2.03 bits per heavy atom. The Bertz CT molecular complexity index is 1430. The second-order valence-electron chi connectivity index (χ2n) is 8.94. The first-order valence-electron chi connectivity index (χ1n) is 10.8. The molecule has 34 heavy (non-hydrogen) atoms. The number of H-pyrrole nitrogens is 1. The molecule has 0 aromatic carbocycles. The second-order valence-corrected chi connectivity index (χ2v) is 12.1. The van der Waals surface area contributed by atoms with Gasteiger partial charge in [-0.3, -0.25) is 5.10 Å². The third kappa shape index (κ3) is 4.05. The van der Waals surface area contributed by atoms with Gasteiger partial charge in [-0.1, -0.05) is 6.07 Å². The molecule has 1 saturated carbocycles. The number of aromatic nitrogens is 6. The minimum atomic E-state index is -4.71. The number of halogens is 3. The van der Waals surface area contributed by atoms with E-state index in [2.05, 4.69) is 30.6 Å². The molecular formula is C21H23F3N7O2P. The highest BCUT2D eigenvalue weighted by Gasteiger charge is 2.37. The molecule has 180 valence electrons. The summed E-state index contributed by atoms with van der Waals surface area (Å²) in [6.45, 7) is 3.20. The van der Waals surface area contributed by atoms with Crippen LogP contribution in [0.3, 0.4) is 0 Å². The minimum Gasteiger partial charge on any atom is -0.393 e. The molecule has 0 bridgehead atoms. The first-order valence-corrected chi connectivity index (χ1v) is 13.4. The predicted octanol–water partition coefficient (Wildman–Crippen LogP) is 3.65. The summed E-state index contributed by atoms with van der Waals surface area (Å²) in [6.07, 6.45) is -1.71. The van der Waals surface area contributed by atoms with Crippen LogP contribution in [0.15, 0.2) is 24.4 Å². The highest BCUT2D eigenvalue weighted by Crippen LogP contribution is 2.40. The van der Waals surface area contributed by atoms with Crippen molar-refractivity contribution in [2.45, 2.75) is 44.0 Å². The van der Waals surface area contributed by atoms with Crippen molar-refractivity contribution in [3.05, 3.63) is 30.0 Å². The molecule has 4 heterocycles. The van der Waals surface area contributed by atoms with Crippen LogP contribution in [0, 0.1) is 0 Å². The van der Waals surface area contributed by atoms with Gasteiger partial charge in [0, 0.05) is 12.2 Å². The van der Waals surface area contributed by atoms with E-state index in [1.54, 1.807) is 31.5 Å². The van der Waals surface area contributed by atoms with Gasteiger partial charge in [0.25, 0.3) is 0 Å². The van der Waals surface area contributed by atoms with E-state index >= 15 is 0 Å². The first-order chi connectivity index (χ1) is 16.0. The lowest BCUT2D eigenvalue weighted by atomic mass is 9.93. The van der Waals surface area contributed by atoms with Crippen LogP contribution < -0.4 is 10.8 Å². The summed E-state index contributed by atoms with van der Waals surface area (Å²) in [5.41, 5.74) is -0.237. The lowest BCUT2D eigenvalue weighted by Gasteiger charge is -2.26. The molecule has 0 aliphatic heterocycles. The average Bonchev–Trinajstić information content (AvgIpc) is 3.31. The molecular weight excluding hydrogens is 470 g/mol. The van der Waals surface area contributed by atoms with E-state index in [1.807, 2.05) is 0 Å². The Hall–Kier alpha value is -2.98. The number of anilines is 1. The standard InChI is InChI=1S/C21H23F3N7O2P/c1-34(2,33)15-8-4-7-14-16-18(28-29-19(16)30-31(14)15)17-13(21(22,23)24)10-25-20(27-17)26-11-5-3-6-12(32)9-11/h4,7-8,10-12,32H,3,5-6,9H2,1-2H3,(H,29,30)(H,25,26,27)/t11-,12-/m0/s1. The van der Waals surface area contributed by atoms with Gasteiger partial charge in [-0.2, -0.15) is 18.3 Å². The summed E-state index contributed by atoms with van der Waals surface area (Å²) in [5, 5.41) is 24.5. The molecule has 2 atom stereocenters. The van der Waals surface area contributed by atoms with Gasteiger partial charge in [0.05, 0.1) is 17.0 Å². The van der Waals surface area contributed by atoms with Crippen molar-refractivity contribution in [1.82, 2.24) is 29.8 Å². The van der Waals surface area contributed by atoms with E-state index in [9.17, 15) is 22.8 Å². The number of alkyl halides is 3. The molecule has 0 saturated heterocycles. The number of nitrogens with one attached hydrogen (secondary N) is 2. The number of fused-ring (bicyclic) bond motifs is 3. The fourth-order valence-corrected chi connectivity index (χ4v) is 5.48. The van der Waals surface area contributed by atoms with Crippen LogP contribution in [-0.2, 0) is 10.7 Å². The average molecular weight is 493 g/mol. The molecule has 13 heteroatoms. The van der Waals surface area contributed by atoms with E-state index in [0.29, 0.717) is 29.2 Å². The molecule has 0 radical (unpaired) electrons. The van der Waals surface area contributed by atoms with Crippen LogP contribution >= 0.6 is 7.14 Å². The Labute approximate surface area is 192 Å². The lowest BCUT2D eigenvalue weighted by Crippen LogP contribution is -2.30. The smallest absolute Gasteiger partial charge is 0.393 e. The normalized spacial score (nSPS) is 19.7. The molecule has 1 aliphatic rings. The molecule has 1 fully saturated rings. The van der Waals surface area contributed by atoms with E-state index in [4.69, 9.17) is 0 Å². The fraction of sp³-hybridized carbons (Fsp3) is 0.429. The Balaban J connectivity index is 1.67. The Morgan fingerprint density at radius 1 is 1.24 bits per heavy atom. The quantitative estimate of drug-likeness (QED) is 0.371. The second kappa shape index (κ2) is 8.06. The van der Waals surface area contributed by atoms with Crippen molar-refractivity contribution in [1.29, 1.82) is 0 Å². The van der Waals surface area contributed by atoms with Crippen molar-refractivity contribution < 1.29 is 22.8 Å². The topological polar surface area (TPSA) is 121 Å². The summed E-state index contributed by atoms with van der Waals surface area (Å²) in [4.78, 5) is 8.10. The zero-order chi connectivity index (χ0) is 24.3. The third-order valence-corrected chi connectivity index (χ3v) is 7.44. The number of hydrogen-bond acceptors (Lipinski definition) is 7. The highest BCUT2D eigenvalue weighted by atomic mass is 31.2. The number of rotatable bonds is 4. The third-order valence-electron chi connectivity index (χ3n) is 6.00. The van der Waals surface area contributed by atoms with Gasteiger partial charge >= 0.3 is 6.18 Å². The van der Waals surface area contributed by atoms with Crippen LogP contribution in [0.25, 0.3) is 27.9 Å². The van der Waals surface area contributed by atoms with Crippen LogP contribution in [0.4, 0.5) is 19.1 Å². The van der Waals surface area contributed by atoms with Crippen molar-refractivity contribution >= 4 is 35.1 Å². The maximum absolute atomic E-state index is 13.9. The first kappa shape index (κ1) is 22.8. The summed E-state index contributed by atoms with van der Waals surface area (Å²) in [7, 11) is -2.72. The Kier molecular flexibility index (Phi) is 5.40. The summed E-state index contributed by atoms with van der Waals surface area (Å²) in [6, 6.07) is 4.91. The van der Waals surface area contributed by atoms with Crippen molar-refractivity contribution in [3.63, 3.8) is 0 Å². The minimum absolute atomic E-state index is 0.0226. The van der Waals surface area contributed by atoms with Gasteiger partial charge in [-0.15, -0.1) is 5.10 Å². The zero-order valence-corrected chi connectivity index (χ0v) is 19.4. The maximum atomic E-state index is 13.9. The van der Waals surface area contributed by atoms with E-state index < -0.39 is 25.0 Å². The molecule has 0 unspecified atom stereocenters. The monoisotopic (exact) mass is 493 g/mol. The summed E-state index contributed by atoms with van der Waals surface area (Å²) < 4.78 is 56.0. The van der Waals surface area contributed by atoms with Crippen molar-refractivity contribution in [2.75, 3.05) is 18.6 Å². The molecule has 4 aromatic rings. The zero-order valence-electron chi connectivity index (χ0n) is 18.5. The van der Waals surface area contributed by atoms with Crippen LogP contribution in [0.2, 0.25) is 0 Å². The van der Waals surface area contributed by atoms with Crippen molar-refractivity contribution in [2.24, 2.45) is 0 Å². The molecule has 9 nitrogen and oxygen atoms in total. The highest BCUT2D eigenvalue weighted by molar-refractivity contribution is 7.69. The fourth-order valence-electron chi connectivity index (χ4n) is 4.43. The number of aliphatic hydroxyl groups is 1. The van der Waals surface area contributed by atoms with Crippen LogP contribution in [0.1, 0.15) is 31.2 Å².